The maximum Gasteiger partial charge on any atom is 0.343 e. The Labute approximate surface area is 387 Å². The van der Waals surface area contributed by atoms with Gasteiger partial charge in [-0.2, -0.15) is 0 Å². The SMILES string of the molecule is C=C(C)C(=O)OCCCCCCOc1ccc(C(=O)Oc2ccc(OC(=O)/C=C/c3ccc(-c4ccc(OCCC(CC)(COC(=O)C(=C)C)COC(=O)C(=C)C)cc4)cc3)c(C)c2)cc1. The average Bonchev–Trinajstić information content (AvgIpc) is 3.31. The molecule has 66 heavy (non-hydrogen) atoms. The van der Waals surface area contributed by atoms with Gasteiger partial charge in [-0.05, 0) is 149 Å². The highest BCUT2D eigenvalue weighted by Crippen LogP contribution is 2.30. The van der Waals surface area contributed by atoms with E-state index in [0.717, 1.165) is 42.4 Å². The number of rotatable bonds is 26. The summed E-state index contributed by atoms with van der Waals surface area (Å²) in [6.45, 7) is 20.6. The summed E-state index contributed by atoms with van der Waals surface area (Å²) in [6, 6.07) is 26.8. The first-order valence-electron chi connectivity index (χ1n) is 21.8. The Morgan fingerprint density at radius 3 is 1.62 bits per heavy atom. The molecule has 0 aliphatic carbocycles. The van der Waals surface area contributed by atoms with Gasteiger partial charge in [0.1, 0.15) is 36.2 Å². The van der Waals surface area contributed by atoms with Gasteiger partial charge in [0.25, 0.3) is 0 Å². The van der Waals surface area contributed by atoms with Crippen molar-refractivity contribution in [2.24, 2.45) is 5.41 Å². The van der Waals surface area contributed by atoms with Crippen LogP contribution in [0.1, 0.15) is 87.7 Å². The summed E-state index contributed by atoms with van der Waals surface area (Å²) < 4.78 is 39.0. The monoisotopic (exact) mass is 900 g/mol. The predicted molar refractivity (Wildman–Crippen MR) is 253 cm³/mol. The Balaban J connectivity index is 1.21. The molecule has 4 rings (SSSR count). The quantitative estimate of drug-likeness (QED) is 0.0194. The van der Waals surface area contributed by atoms with Crippen LogP contribution in [0.15, 0.2) is 134 Å². The molecule has 12 heteroatoms. The van der Waals surface area contributed by atoms with Gasteiger partial charge in [-0.1, -0.05) is 63.1 Å². The molecule has 0 radical (unpaired) electrons. The van der Waals surface area contributed by atoms with Crippen molar-refractivity contribution in [1.29, 1.82) is 0 Å². The highest BCUT2D eigenvalue weighted by molar-refractivity contribution is 5.92. The maximum atomic E-state index is 12.8. The molecule has 0 amide bonds. The summed E-state index contributed by atoms with van der Waals surface area (Å²) in [5, 5.41) is 0. The molecule has 0 saturated heterocycles. The fourth-order valence-electron chi connectivity index (χ4n) is 6.16. The summed E-state index contributed by atoms with van der Waals surface area (Å²) in [4.78, 5) is 61.3. The minimum atomic E-state index is -0.657. The lowest BCUT2D eigenvalue weighted by Gasteiger charge is -2.31. The van der Waals surface area contributed by atoms with Gasteiger partial charge in [0.05, 0.1) is 25.4 Å². The van der Waals surface area contributed by atoms with Gasteiger partial charge in [-0.15, -0.1) is 0 Å². The van der Waals surface area contributed by atoms with Crippen molar-refractivity contribution >= 4 is 35.9 Å². The largest absolute Gasteiger partial charge is 0.494 e. The van der Waals surface area contributed by atoms with E-state index in [-0.39, 0.29) is 30.3 Å². The van der Waals surface area contributed by atoms with E-state index in [1.54, 1.807) is 76.2 Å². The van der Waals surface area contributed by atoms with Crippen molar-refractivity contribution in [2.45, 2.75) is 73.1 Å². The van der Waals surface area contributed by atoms with Crippen molar-refractivity contribution in [3.05, 3.63) is 150 Å². The number of hydrogen-bond donors (Lipinski definition) is 0. The first kappa shape index (κ1) is 51.4. The third kappa shape index (κ3) is 17.1. The Hall–Kier alpha value is -7.21. The zero-order valence-corrected chi connectivity index (χ0v) is 38.6. The average molecular weight is 901 g/mol. The molecule has 0 unspecified atom stereocenters. The molecule has 4 aromatic carbocycles. The van der Waals surface area contributed by atoms with Crippen molar-refractivity contribution in [1.82, 2.24) is 0 Å². The van der Waals surface area contributed by atoms with Crippen LogP contribution in [0.3, 0.4) is 0 Å². The highest BCUT2D eigenvalue weighted by atomic mass is 16.6. The molecule has 0 heterocycles. The van der Waals surface area contributed by atoms with Crippen molar-refractivity contribution in [3.63, 3.8) is 0 Å². The summed E-state index contributed by atoms with van der Waals surface area (Å²) in [7, 11) is 0. The second-order valence-corrected chi connectivity index (χ2v) is 16.1. The van der Waals surface area contributed by atoms with E-state index in [0.29, 0.717) is 72.4 Å². The Kier molecular flexibility index (Phi) is 20.2. The number of aryl methyl sites for hydroxylation is 1. The topological polar surface area (TPSA) is 150 Å². The van der Waals surface area contributed by atoms with E-state index in [2.05, 4.69) is 19.7 Å². The van der Waals surface area contributed by atoms with E-state index in [1.165, 1.54) is 6.08 Å². The third-order valence-corrected chi connectivity index (χ3v) is 10.4. The zero-order chi connectivity index (χ0) is 48.1. The minimum absolute atomic E-state index is 0.0428. The molecule has 0 atom stereocenters. The van der Waals surface area contributed by atoms with Crippen LogP contribution in [0.4, 0.5) is 0 Å². The molecule has 0 aliphatic rings. The molecule has 4 aromatic rings. The van der Waals surface area contributed by atoms with Crippen LogP contribution in [0.2, 0.25) is 0 Å². The molecule has 0 spiro atoms. The number of benzene rings is 4. The fraction of sp³-hybridized carbons (Fsp3) is 0.315. The zero-order valence-electron chi connectivity index (χ0n) is 38.6. The number of ether oxygens (including phenoxy) is 7. The minimum Gasteiger partial charge on any atom is -0.494 e. The van der Waals surface area contributed by atoms with Gasteiger partial charge in [-0.3, -0.25) is 0 Å². The molecule has 0 bridgehead atoms. The first-order chi connectivity index (χ1) is 31.6. The van der Waals surface area contributed by atoms with Crippen molar-refractivity contribution < 1.29 is 57.1 Å². The summed E-state index contributed by atoms with van der Waals surface area (Å²) >= 11 is 0. The number of hydrogen-bond acceptors (Lipinski definition) is 12. The lowest BCUT2D eigenvalue weighted by Crippen LogP contribution is -2.35. The molecule has 0 N–H and O–H groups in total. The van der Waals surface area contributed by atoms with Crippen molar-refractivity contribution in [3.8, 4) is 34.1 Å². The first-order valence-corrected chi connectivity index (χ1v) is 21.8. The lowest BCUT2D eigenvalue weighted by atomic mass is 9.83. The molecule has 12 nitrogen and oxygen atoms in total. The van der Waals surface area contributed by atoms with Crippen LogP contribution in [0, 0.1) is 12.3 Å². The van der Waals surface area contributed by atoms with Gasteiger partial charge >= 0.3 is 29.8 Å². The van der Waals surface area contributed by atoms with E-state index in [1.807, 2.05) is 55.5 Å². The number of carbonyl (C=O) groups excluding carboxylic acids is 5. The van der Waals surface area contributed by atoms with Crippen LogP contribution in [0.25, 0.3) is 17.2 Å². The third-order valence-electron chi connectivity index (χ3n) is 10.4. The van der Waals surface area contributed by atoms with Gasteiger partial charge in [0.2, 0.25) is 0 Å². The molecule has 348 valence electrons. The number of unbranched alkanes of at least 4 members (excludes halogenated alkanes) is 3. The van der Waals surface area contributed by atoms with E-state index >= 15 is 0 Å². The summed E-state index contributed by atoms with van der Waals surface area (Å²) in [5.74, 6) is -0.566. The van der Waals surface area contributed by atoms with Crippen LogP contribution in [-0.4, -0.2) is 62.9 Å². The van der Waals surface area contributed by atoms with Crippen LogP contribution in [-0.2, 0) is 33.4 Å². The van der Waals surface area contributed by atoms with E-state index in [9.17, 15) is 24.0 Å². The van der Waals surface area contributed by atoms with E-state index in [4.69, 9.17) is 33.2 Å². The predicted octanol–water partition coefficient (Wildman–Crippen LogP) is 11.0. The van der Waals surface area contributed by atoms with Crippen LogP contribution in [0.5, 0.6) is 23.0 Å². The normalized spacial score (nSPS) is 11.0. The Morgan fingerprint density at radius 1 is 0.576 bits per heavy atom. The number of esters is 5. The number of carbonyl (C=O) groups is 5. The molecule has 0 aliphatic heterocycles. The molecular formula is C54H60O12. The summed E-state index contributed by atoms with van der Waals surface area (Å²) in [5.41, 5.74) is 3.98. The van der Waals surface area contributed by atoms with Gasteiger partial charge in [-0.25, -0.2) is 24.0 Å². The highest BCUT2D eigenvalue weighted by Gasteiger charge is 2.32. The Morgan fingerprint density at radius 2 is 1.08 bits per heavy atom. The maximum absolute atomic E-state index is 12.8. The standard InChI is InChI=1S/C54H60O12/c1-9-54(35-63-51(57)38(4)5,36-64-52(58)39(6)7)30-33-61-46-23-19-43(20-24-46)42-17-14-41(15-18-42)16-29-49(55)66-48-28-27-47(34-40(48)8)65-53(59)44-21-25-45(26-22-44)60-31-12-10-11-13-32-62-50(56)37(2)3/h14-29,34H,2,4,6,9-13,30-33,35-36H2,1,3,5,7-8H3/b29-16+. The second kappa shape index (κ2) is 25.9. The summed E-state index contributed by atoms with van der Waals surface area (Å²) in [6.07, 6.45) is 7.51. The van der Waals surface area contributed by atoms with Gasteiger partial charge in [0, 0.05) is 28.2 Å². The van der Waals surface area contributed by atoms with Gasteiger partial charge in [0.15, 0.2) is 0 Å². The Bertz CT molecular complexity index is 2330. The second-order valence-electron chi connectivity index (χ2n) is 16.1. The smallest absolute Gasteiger partial charge is 0.343 e. The van der Waals surface area contributed by atoms with Crippen LogP contribution < -0.4 is 18.9 Å². The molecular weight excluding hydrogens is 841 g/mol. The molecule has 0 fully saturated rings. The van der Waals surface area contributed by atoms with E-state index < -0.39 is 29.3 Å². The van der Waals surface area contributed by atoms with Crippen molar-refractivity contribution in [2.75, 3.05) is 33.0 Å². The fourth-order valence-corrected chi connectivity index (χ4v) is 6.16. The lowest BCUT2D eigenvalue weighted by molar-refractivity contribution is -0.150. The van der Waals surface area contributed by atoms with Gasteiger partial charge < -0.3 is 33.2 Å². The van der Waals surface area contributed by atoms with Crippen LogP contribution >= 0.6 is 0 Å². The molecule has 0 saturated carbocycles. The molecule has 0 aromatic heterocycles.